The number of esters is 1. The second-order valence-electron chi connectivity index (χ2n) is 7.90. The van der Waals surface area contributed by atoms with Crippen LogP contribution in [0.2, 0.25) is 0 Å². The summed E-state index contributed by atoms with van der Waals surface area (Å²) in [5, 5.41) is 3.70. The van der Waals surface area contributed by atoms with Gasteiger partial charge in [-0.3, -0.25) is 4.79 Å². The van der Waals surface area contributed by atoms with Crippen molar-refractivity contribution < 1.29 is 9.53 Å². The average molecular weight is 281 g/mol. The zero-order chi connectivity index (χ0) is 15.1. The molecular formula is C17H31NO2. The van der Waals surface area contributed by atoms with Crippen LogP contribution in [0.4, 0.5) is 0 Å². The molecule has 2 aliphatic carbocycles. The topological polar surface area (TPSA) is 38.3 Å². The highest BCUT2D eigenvalue weighted by Gasteiger charge is 2.59. The van der Waals surface area contributed by atoms with Gasteiger partial charge in [0.15, 0.2) is 0 Å². The van der Waals surface area contributed by atoms with Crippen molar-refractivity contribution >= 4 is 5.97 Å². The van der Waals surface area contributed by atoms with E-state index < -0.39 is 0 Å². The number of hydrogen-bond donors (Lipinski definition) is 1. The van der Waals surface area contributed by atoms with Gasteiger partial charge in [-0.1, -0.05) is 41.0 Å². The molecule has 0 aromatic carbocycles. The molecule has 3 heteroatoms. The van der Waals surface area contributed by atoms with Crippen molar-refractivity contribution in [3.8, 4) is 0 Å². The van der Waals surface area contributed by atoms with E-state index in [4.69, 9.17) is 4.74 Å². The van der Waals surface area contributed by atoms with Crippen LogP contribution < -0.4 is 5.32 Å². The molecule has 20 heavy (non-hydrogen) atoms. The Hall–Kier alpha value is -0.570. The molecule has 0 aromatic heterocycles. The highest BCUT2D eigenvalue weighted by atomic mass is 16.5. The molecule has 0 saturated heterocycles. The minimum Gasteiger partial charge on any atom is -0.468 e. The summed E-state index contributed by atoms with van der Waals surface area (Å²) in [4.78, 5) is 12.1. The molecule has 1 N–H and O–H groups in total. The summed E-state index contributed by atoms with van der Waals surface area (Å²) in [7, 11) is 1.49. The van der Waals surface area contributed by atoms with Crippen LogP contribution in [0, 0.1) is 22.7 Å². The largest absolute Gasteiger partial charge is 0.468 e. The van der Waals surface area contributed by atoms with E-state index in [-0.39, 0.29) is 17.4 Å². The van der Waals surface area contributed by atoms with Crippen molar-refractivity contribution in [2.45, 2.75) is 72.4 Å². The van der Waals surface area contributed by atoms with Gasteiger partial charge >= 0.3 is 5.97 Å². The number of nitrogens with one attached hydrogen (secondary N) is 1. The minimum atomic E-state index is -0.176. The van der Waals surface area contributed by atoms with Crippen LogP contribution in [0.3, 0.4) is 0 Å². The standard InChI is InChI=1S/C17H31NO2/c1-7-11(2)13(14(19)20-6)18-15-16(3,4)12-8-9-17(15,5)10-12/h11-13,15,18H,7-10H2,1-6H3. The van der Waals surface area contributed by atoms with Gasteiger partial charge in [-0.15, -0.1) is 0 Å². The van der Waals surface area contributed by atoms with Crippen LogP contribution in [0.15, 0.2) is 0 Å². The molecule has 2 bridgehead atoms. The van der Waals surface area contributed by atoms with Gasteiger partial charge in [0.05, 0.1) is 7.11 Å². The molecule has 2 aliphatic rings. The van der Waals surface area contributed by atoms with Gasteiger partial charge in [0, 0.05) is 6.04 Å². The van der Waals surface area contributed by atoms with E-state index in [1.165, 1.54) is 26.4 Å². The SMILES string of the molecule is CCC(C)C(NC1C2(C)CCC(C2)C1(C)C)C(=O)OC. The lowest BCUT2D eigenvalue weighted by atomic mass is 9.68. The van der Waals surface area contributed by atoms with E-state index in [9.17, 15) is 4.79 Å². The first-order valence-electron chi connectivity index (χ1n) is 8.10. The van der Waals surface area contributed by atoms with Crippen molar-refractivity contribution in [3.63, 3.8) is 0 Å². The Morgan fingerprint density at radius 1 is 1.40 bits per heavy atom. The molecule has 5 atom stereocenters. The molecule has 2 fully saturated rings. The summed E-state index contributed by atoms with van der Waals surface area (Å²) >= 11 is 0. The quantitative estimate of drug-likeness (QED) is 0.785. The zero-order valence-corrected chi connectivity index (χ0v) is 14.0. The molecule has 0 amide bonds. The van der Waals surface area contributed by atoms with E-state index in [0.717, 1.165) is 12.3 Å². The van der Waals surface area contributed by atoms with Gasteiger partial charge in [-0.25, -0.2) is 0 Å². The normalized spacial score (nSPS) is 37.7. The maximum absolute atomic E-state index is 12.1. The van der Waals surface area contributed by atoms with E-state index in [1.807, 2.05) is 0 Å². The molecule has 2 rings (SSSR count). The fourth-order valence-electron chi connectivity index (χ4n) is 4.72. The van der Waals surface area contributed by atoms with E-state index in [2.05, 4.69) is 39.9 Å². The van der Waals surface area contributed by atoms with Gasteiger partial charge < -0.3 is 10.1 Å². The Kier molecular flexibility index (Phi) is 4.21. The Balaban J connectivity index is 2.20. The number of carbonyl (C=O) groups is 1. The summed E-state index contributed by atoms with van der Waals surface area (Å²) < 4.78 is 5.03. The molecule has 0 heterocycles. The summed E-state index contributed by atoms with van der Waals surface area (Å²) in [6.07, 6.45) is 4.91. The number of carbonyl (C=O) groups excluding carboxylic acids is 1. The van der Waals surface area contributed by atoms with Gasteiger partial charge in [0.2, 0.25) is 0 Å². The maximum atomic E-state index is 12.1. The molecule has 0 aliphatic heterocycles. The third-order valence-corrected chi connectivity index (χ3v) is 6.28. The minimum absolute atomic E-state index is 0.110. The molecule has 0 aromatic rings. The van der Waals surface area contributed by atoms with E-state index in [0.29, 0.717) is 17.4 Å². The van der Waals surface area contributed by atoms with Crippen molar-refractivity contribution in [1.29, 1.82) is 0 Å². The highest BCUT2D eigenvalue weighted by Crippen LogP contribution is 2.62. The van der Waals surface area contributed by atoms with Crippen LogP contribution in [-0.4, -0.2) is 25.2 Å². The Morgan fingerprint density at radius 3 is 2.50 bits per heavy atom. The summed E-state index contributed by atoms with van der Waals surface area (Å²) in [6.45, 7) is 11.4. The second-order valence-corrected chi connectivity index (χ2v) is 7.90. The van der Waals surface area contributed by atoms with Crippen LogP contribution in [0.25, 0.3) is 0 Å². The first kappa shape index (κ1) is 15.8. The molecule has 0 spiro atoms. The number of rotatable bonds is 5. The Labute approximate surface area is 123 Å². The third kappa shape index (κ3) is 2.38. The van der Waals surface area contributed by atoms with E-state index in [1.54, 1.807) is 0 Å². The molecule has 2 saturated carbocycles. The molecule has 5 unspecified atom stereocenters. The van der Waals surface area contributed by atoms with Crippen molar-refractivity contribution in [3.05, 3.63) is 0 Å². The monoisotopic (exact) mass is 281 g/mol. The van der Waals surface area contributed by atoms with Crippen LogP contribution in [-0.2, 0) is 9.53 Å². The van der Waals surface area contributed by atoms with Gasteiger partial charge in [-0.05, 0) is 41.9 Å². The fraction of sp³-hybridized carbons (Fsp3) is 0.941. The summed E-state index contributed by atoms with van der Waals surface area (Å²) in [5.74, 6) is 0.989. The van der Waals surface area contributed by atoms with E-state index >= 15 is 0 Å². The maximum Gasteiger partial charge on any atom is 0.323 e. The van der Waals surface area contributed by atoms with Crippen LogP contribution in [0.5, 0.6) is 0 Å². The number of ether oxygens (including phenoxy) is 1. The first-order valence-corrected chi connectivity index (χ1v) is 8.10. The Bertz CT molecular complexity index is 374. The van der Waals surface area contributed by atoms with Crippen molar-refractivity contribution in [2.24, 2.45) is 22.7 Å². The predicted molar refractivity (Wildman–Crippen MR) is 81.4 cm³/mol. The van der Waals surface area contributed by atoms with Crippen LogP contribution in [0.1, 0.15) is 60.3 Å². The lowest BCUT2D eigenvalue weighted by Crippen LogP contribution is -2.57. The smallest absolute Gasteiger partial charge is 0.323 e. The first-order chi connectivity index (χ1) is 9.26. The zero-order valence-electron chi connectivity index (χ0n) is 14.0. The fourth-order valence-corrected chi connectivity index (χ4v) is 4.72. The molecule has 116 valence electrons. The third-order valence-electron chi connectivity index (χ3n) is 6.28. The average Bonchev–Trinajstić information content (AvgIpc) is 2.88. The number of hydrogen-bond acceptors (Lipinski definition) is 3. The summed E-state index contributed by atoms with van der Waals surface area (Å²) in [6, 6.07) is 0.234. The molecule has 3 nitrogen and oxygen atoms in total. The number of methoxy groups -OCH3 is 1. The second kappa shape index (κ2) is 5.32. The van der Waals surface area contributed by atoms with Gasteiger partial charge in [-0.2, -0.15) is 0 Å². The molecular weight excluding hydrogens is 250 g/mol. The predicted octanol–water partition coefficient (Wildman–Crippen LogP) is 3.38. The highest BCUT2D eigenvalue weighted by molar-refractivity contribution is 5.76. The Morgan fingerprint density at radius 2 is 2.05 bits per heavy atom. The number of fused-ring (bicyclic) bond motifs is 2. The lowest BCUT2D eigenvalue weighted by Gasteiger charge is -2.45. The van der Waals surface area contributed by atoms with Gasteiger partial charge in [0.25, 0.3) is 0 Å². The van der Waals surface area contributed by atoms with Gasteiger partial charge in [0.1, 0.15) is 6.04 Å². The summed E-state index contributed by atoms with van der Waals surface area (Å²) in [5.41, 5.74) is 0.612. The van der Waals surface area contributed by atoms with Crippen LogP contribution >= 0.6 is 0 Å². The van der Waals surface area contributed by atoms with Crippen molar-refractivity contribution in [1.82, 2.24) is 5.32 Å². The lowest BCUT2D eigenvalue weighted by molar-refractivity contribution is -0.145. The molecule has 0 radical (unpaired) electrons. The van der Waals surface area contributed by atoms with Crippen molar-refractivity contribution in [2.75, 3.05) is 7.11 Å².